The quantitative estimate of drug-likeness (QED) is 0.572. The number of aromatic nitrogens is 1. The molecular formula is C27H25FN4O4. The highest BCUT2D eigenvalue weighted by Gasteiger charge is 2.45. The summed E-state index contributed by atoms with van der Waals surface area (Å²) in [4.78, 5) is 43.2. The highest BCUT2D eigenvalue weighted by atomic mass is 19.1. The maximum absolute atomic E-state index is 14.8. The number of amides is 4. The minimum atomic E-state index is -1.20. The zero-order valence-corrected chi connectivity index (χ0v) is 19.9. The van der Waals surface area contributed by atoms with Crippen LogP contribution >= 0.6 is 0 Å². The van der Waals surface area contributed by atoms with Crippen molar-refractivity contribution in [2.75, 3.05) is 13.1 Å². The Morgan fingerprint density at radius 3 is 2.42 bits per heavy atom. The van der Waals surface area contributed by atoms with E-state index in [1.807, 2.05) is 0 Å². The van der Waals surface area contributed by atoms with Gasteiger partial charge in [-0.1, -0.05) is 44.2 Å². The van der Waals surface area contributed by atoms with Crippen molar-refractivity contribution in [1.82, 2.24) is 15.2 Å². The van der Waals surface area contributed by atoms with Crippen LogP contribution in [0.4, 0.5) is 9.18 Å². The number of ether oxygens (including phenoxy) is 1. The molecule has 3 heterocycles. The van der Waals surface area contributed by atoms with E-state index in [-0.39, 0.29) is 17.5 Å². The number of para-hydroxylation sites is 1. The predicted molar refractivity (Wildman–Crippen MR) is 130 cm³/mol. The molecule has 2 aromatic carbocycles. The van der Waals surface area contributed by atoms with Gasteiger partial charge in [-0.25, -0.2) is 14.2 Å². The molecule has 1 fully saturated rings. The lowest BCUT2D eigenvalue weighted by molar-refractivity contribution is -0.128. The molecule has 184 valence electrons. The molecule has 0 spiro atoms. The van der Waals surface area contributed by atoms with Crippen LogP contribution in [-0.2, 0) is 4.79 Å². The molecule has 2 aliphatic rings. The third-order valence-corrected chi connectivity index (χ3v) is 6.82. The summed E-state index contributed by atoms with van der Waals surface area (Å²) in [5.74, 6) is -1.71. The van der Waals surface area contributed by atoms with E-state index in [1.54, 1.807) is 67.3 Å². The van der Waals surface area contributed by atoms with Crippen molar-refractivity contribution >= 4 is 17.8 Å². The van der Waals surface area contributed by atoms with Gasteiger partial charge in [0.05, 0.1) is 11.1 Å². The molecule has 3 aromatic rings. The lowest BCUT2D eigenvalue weighted by atomic mass is 9.69. The van der Waals surface area contributed by atoms with Crippen LogP contribution in [0.25, 0.3) is 11.3 Å². The average molecular weight is 489 g/mol. The molecule has 4 amide bonds. The number of carbonyl (C=O) groups is 3. The number of halogens is 1. The Labute approximate surface area is 207 Å². The van der Waals surface area contributed by atoms with Crippen LogP contribution < -0.4 is 15.8 Å². The second-order valence-corrected chi connectivity index (χ2v) is 9.55. The molecule has 0 radical (unpaired) electrons. The van der Waals surface area contributed by atoms with Crippen molar-refractivity contribution in [3.8, 4) is 22.9 Å². The summed E-state index contributed by atoms with van der Waals surface area (Å²) in [5, 5.41) is 2.14. The Hall–Kier alpha value is -4.27. The van der Waals surface area contributed by atoms with E-state index in [2.05, 4.69) is 10.3 Å². The van der Waals surface area contributed by atoms with E-state index in [0.29, 0.717) is 22.4 Å². The molecule has 8 nitrogen and oxygen atoms in total. The standard InChI is InChI=1S/C27H25FN4O4/c1-27(2,25(34)31-26(29)35)21-17-5-3-6-19(28)22(17)36-23-18(21)11-12-20(30-23)15-7-9-16(10-8-15)24(33)32-13-4-14-32/h3,5-12,21H,4,13-14H2,1-2H3,(H3,29,31,34,35). The van der Waals surface area contributed by atoms with Crippen LogP contribution in [0.3, 0.4) is 0 Å². The number of nitrogens with two attached hydrogens (primary N) is 1. The number of hydrogen-bond donors (Lipinski definition) is 2. The summed E-state index contributed by atoms with van der Waals surface area (Å²) in [6.45, 7) is 4.86. The number of urea groups is 1. The third-order valence-electron chi connectivity index (χ3n) is 6.82. The van der Waals surface area contributed by atoms with Crippen molar-refractivity contribution in [1.29, 1.82) is 0 Å². The monoisotopic (exact) mass is 488 g/mol. The number of pyridine rings is 1. The van der Waals surface area contributed by atoms with Gasteiger partial charge >= 0.3 is 6.03 Å². The van der Waals surface area contributed by atoms with Gasteiger partial charge in [0.1, 0.15) is 0 Å². The molecule has 0 bridgehead atoms. The van der Waals surface area contributed by atoms with Gasteiger partial charge in [-0.2, -0.15) is 0 Å². The van der Waals surface area contributed by atoms with Crippen molar-refractivity contribution < 1.29 is 23.5 Å². The van der Waals surface area contributed by atoms with Crippen LogP contribution in [0.15, 0.2) is 54.6 Å². The zero-order valence-electron chi connectivity index (χ0n) is 19.9. The molecular weight excluding hydrogens is 463 g/mol. The van der Waals surface area contributed by atoms with Crippen molar-refractivity contribution in [3.05, 3.63) is 77.1 Å². The summed E-state index contributed by atoms with van der Waals surface area (Å²) >= 11 is 0. The van der Waals surface area contributed by atoms with E-state index in [1.165, 1.54) is 6.07 Å². The van der Waals surface area contributed by atoms with Gasteiger partial charge in [0.15, 0.2) is 11.6 Å². The molecule has 0 saturated carbocycles. The minimum absolute atomic E-state index is 0.000858. The SMILES string of the molecule is CC(C)(C(=O)NC(N)=O)C1c2ccc(-c3ccc(C(=O)N4CCC4)cc3)nc2Oc2c(F)cccc21. The highest BCUT2D eigenvalue weighted by Crippen LogP contribution is 2.52. The number of fused-ring (bicyclic) bond motifs is 2. The first-order valence-corrected chi connectivity index (χ1v) is 11.6. The molecule has 5 rings (SSSR count). The second kappa shape index (κ2) is 8.75. The number of primary amides is 1. The first-order valence-electron chi connectivity index (χ1n) is 11.6. The Balaban J connectivity index is 1.54. The molecule has 36 heavy (non-hydrogen) atoms. The summed E-state index contributed by atoms with van der Waals surface area (Å²) in [7, 11) is 0. The van der Waals surface area contributed by atoms with Crippen molar-refractivity contribution in [2.45, 2.75) is 26.2 Å². The lowest BCUT2D eigenvalue weighted by Gasteiger charge is -2.37. The van der Waals surface area contributed by atoms with Crippen molar-refractivity contribution in [3.63, 3.8) is 0 Å². The number of carbonyl (C=O) groups excluding carboxylic acids is 3. The number of likely N-dealkylation sites (tertiary alicyclic amines) is 1. The third kappa shape index (κ3) is 3.96. The van der Waals surface area contributed by atoms with Crippen LogP contribution in [0.5, 0.6) is 11.6 Å². The van der Waals surface area contributed by atoms with E-state index >= 15 is 0 Å². The van der Waals surface area contributed by atoms with Gasteiger partial charge < -0.3 is 15.4 Å². The predicted octanol–water partition coefficient (Wildman–Crippen LogP) is 4.19. The van der Waals surface area contributed by atoms with Gasteiger partial charge in [-0.15, -0.1) is 0 Å². The van der Waals surface area contributed by atoms with Gasteiger partial charge in [0.25, 0.3) is 5.91 Å². The number of imide groups is 1. The van der Waals surface area contributed by atoms with E-state index < -0.39 is 29.1 Å². The zero-order chi connectivity index (χ0) is 25.6. The molecule has 1 saturated heterocycles. The lowest BCUT2D eigenvalue weighted by Crippen LogP contribution is -2.46. The number of rotatable bonds is 4. The number of hydrogen-bond acceptors (Lipinski definition) is 5. The fourth-order valence-corrected chi connectivity index (χ4v) is 4.71. The normalized spacial score (nSPS) is 16.2. The topological polar surface area (TPSA) is 115 Å². The fraction of sp³-hybridized carbons (Fsp3) is 0.259. The van der Waals surface area contributed by atoms with E-state index in [4.69, 9.17) is 10.5 Å². The molecule has 3 N–H and O–H groups in total. The van der Waals surface area contributed by atoms with E-state index in [0.717, 1.165) is 25.1 Å². The summed E-state index contributed by atoms with van der Waals surface area (Å²) in [6.07, 6.45) is 1.02. The largest absolute Gasteiger partial charge is 0.435 e. The number of nitrogens with one attached hydrogen (secondary N) is 1. The van der Waals surface area contributed by atoms with Crippen LogP contribution in [0.2, 0.25) is 0 Å². The van der Waals surface area contributed by atoms with Gasteiger partial charge in [-0.05, 0) is 30.7 Å². The Bertz CT molecular complexity index is 1380. The highest BCUT2D eigenvalue weighted by molar-refractivity contribution is 5.97. The maximum Gasteiger partial charge on any atom is 0.318 e. The summed E-state index contributed by atoms with van der Waals surface area (Å²) in [5.41, 5.74) is 6.95. The molecule has 9 heteroatoms. The van der Waals surface area contributed by atoms with E-state index in [9.17, 15) is 18.8 Å². The van der Waals surface area contributed by atoms with Crippen LogP contribution in [0, 0.1) is 11.2 Å². The summed E-state index contributed by atoms with van der Waals surface area (Å²) in [6, 6.07) is 14.2. The number of benzene rings is 2. The second-order valence-electron chi connectivity index (χ2n) is 9.55. The Morgan fingerprint density at radius 2 is 1.78 bits per heavy atom. The van der Waals surface area contributed by atoms with Crippen LogP contribution in [-0.4, -0.2) is 40.8 Å². The Morgan fingerprint density at radius 1 is 1.06 bits per heavy atom. The van der Waals surface area contributed by atoms with Crippen molar-refractivity contribution in [2.24, 2.45) is 11.1 Å². The number of nitrogens with zero attached hydrogens (tertiary/aromatic N) is 2. The van der Waals surface area contributed by atoms with Gasteiger partial charge in [-0.3, -0.25) is 14.9 Å². The smallest absolute Gasteiger partial charge is 0.318 e. The van der Waals surface area contributed by atoms with Gasteiger partial charge in [0.2, 0.25) is 11.8 Å². The fourth-order valence-electron chi connectivity index (χ4n) is 4.71. The Kier molecular flexibility index (Phi) is 5.70. The van der Waals surface area contributed by atoms with Gasteiger partial charge in [0, 0.05) is 41.3 Å². The average Bonchev–Trinajstić information content (AvgIpc) is 2.81. The molecule has 1 unspecified atom stereocenters. The first kappa shape index (κ1) is 23.5. The molecule has 0 aliphatic carbocycles. The first-order chi connectivity index (χ1) is 17.2. The maximum atomic E-state index is 14.8. The van der Waals surface area contributed by atoms with Crippen LogP contribution in [0.1, 0.15) is 47.7 Å². The molecule has 1 atom stereocenters. The summed E-state index contributed by atoms with van der Waals surface area (Å²) < 4.78 is 20.7. The minimum Gasteiger partial charge on any atom is -0.435 e. The molecule has 2 aliphatic heterocycles. The molecule has 1 aromatic heterocycles.